The van der Waals surface area contributed by atoms with Crippen LogP contribution in [0.4, 0.5) is 29.8 Å². The maximum atomic E-state index is 17.2. The molecule has 7 heterocycles. The summed E-state index contributed by atoms with van der Waals surface area (Å²) in [6.07, 6.45) is 5.26. The van der Waals surface area contributed by atoms with E-state index in [1.807, 2.05) is 18.2 Å². The molecule has 254 valence electrons. The summed E-state index contributed by atoms with van der Waals surface area (Å²) in [6, 6.07) is 6.25. The molecule has 2 saturated heterocycles. The Kier molecular flexibility index (Phi) is 7.15. The van der Waals surface area contributed by atoms with Gasteiger partial charge in [0.15, 0.2) is 16.7 Å². The van der Waals surface area contributed by atoms with E-state index in [2.05, 4.69) is 25.5 Å². The lowest BCUT2D eigenvalue weighted by Crippen LogP contribution is -2.50. The molecule has 0 saturated carbocycles. The van der Waals surface area contributed by atoms with Crippen molar-refractivity contribution in [2.24, 2.45) is 10.9 Å². The first-order valence-electron chi connectivity index (χ1n) is 16.3. The third kappa shape index (κ3) is 4.97. The van der Waals surface area contributed by atoms with E-state index in [1.54, 1.807) is 6.20 Å². The Hall–Kier alpha value is -4.27. The maximum Gasteiger partial charge on any atom is 0.281 e. The van der Waals surface area contributed by atoms with Crippen LogP contribution in [-0.2, 0) is 11.2 Å². The van der Waals surface area contributed by atoms with Crippen LogP contribution >= 0.6 is 22.9 Å². The number of ether oxygens (including phenoxy) is 2. The molecule has 5 aliphatic rings. The lowest BCUT2D eigenvalue weighted by Gasteiger charge is -2.38. The van der Waals surface area contributed by atoms with Gasteiger partial charge in [0.05, 0.1) is 32.0 Å². The van der Waals surface area contributed by atoms with Crippen LogP contribution in [0.25, 0.3) is 21.3 Å². The van der Waals surface area contributed by atoms with E-state index in [9.17, 15) is 8.78 Å². The molecule has 49 heavy (non-hydrogen) atoms. The average Bonchev–Trinajstić information content (AvgIpc) is 3.75. The fourth-order valence-electron chi connectivity index (χ4n) is 8.19. The number of alkyl halides is 1. The molecule has 9 rings (SSSR count). The van der Waals surface area contributed by atoms with Crippen LogP contribution in [0.15, 0.2) is 47.5 Å². The molecule has 0 aliphatic carbocycles. The number of hydrogen-bond donors (Lipinski definition) is 4. The number of rotatable bonds is 6. The van der Waals surface area contributed by atoms with E-state index >= 15 is 4.39 Å². The van der Waals surface area contributed by atoms with Crippen LogP contribution in [0.1, 0.15) is 36.8 Å². The summed E-state index contributed by atoms with van der Waals surface area (Å²) < 4.78 is 60.0. The smallest absolute Gasteiger partial charge is 0.281 e. The van der Waals surface area contributed by atoms with Crippen molar-refractivity contribution in [3.63, 3.8) is 0 Å². The quantitative estimate of drug-likeness (QED) is 0.190. The highest BCUT2D eigenvalue weighted by atomic mass is 35.5. The lowest BCUT2D eigenvalue weighted by molar-refractivity contribution is 0.0264. The highest BCUT2D eigenvalue weighted by Gasteiger charge is 2.50. The Morgan fingerprint density at radius 3 is 2.92 bits per heavy atom. The van der Waals surface area contributed by atoms with Crippen LogP contribution in [0.2, 0.25) is 5.02 Å². The predicted molar refractivity (Wildman–Crippen MR) is 183 cm³/mol. The highest BCUT2D eigenvalue weighted by Crippen LogP contribution is 2.50. The fraction of sp³-hybridized carbons (Fsp3) is 0.382. The number of nitrogens with zero attached hydrogens (tertiary/aromatic N) is 4. The van der Waals surface area contributed by atoms with Gasteiger partial charge in [-0.2, -0.15) is 0 Å². The molecule has 5 aliphatic heterocycles. The molecule has 0 spiro atoms. The highest BCUT2D eigenvalue weighted by molar-refractivity contribution is 7.22. The van der Waals surface area contributed by atoms with Crippen molar-refractivity contribution in [3.05, 3.63) is 70.3 Å². The van der Waals surface area contributed by atoms with E-state index < -0.39 is 29.5 Å². The summed E-state index contributed by atoms with van der Waals surface area (Å²) in [5.41, 5.74) is 13.8. The molecule has 4 aromatic rings. The molecule has 5 atom stereocenters. The fourth-order valence-corrected chi connectivity index (χ4v) is 9.29. The van der Waals surface area contributed by atoms with Gasteiger partial charge in [0.2, 0.25) is 0 Å². The Morgan fingerprint density at radius 2 is 2.06 bits per heavy atom. The van der Waals surface area contributed by atoms with Crippen molar-refractivity contribution in [3.8, 4) is 16.9 Å². The molecule has 2 aromatic heterocycles. The van der Waals surface area contributed by atoms with E-state index in [1.165, 1.54) is 12.1 Å². The van der Waals surface area contributed by atoms with Gasteiger partial charge >= 0.3 is 0 Å². The number of nitrogen functional groups attached to an aromatic ring is 2. The number of nitrogens with one attached hydrogen (secondary N) is 2. The van der Waals surface area contributed by atoms with Gasteiger partial charge in [-0.15, -0.1) is 0 Å². The van der Waals surface area contributed by atoms with Gasteiger partial charge in [-0.3, -0.25) is 4.90 Å². The number of hydrogen-bond acceptors (Lipinski definition) is 11. The van der Waals surface area contributed by atoms with Gasteiger partial charge in [-0.1, -0.05) is 29.0 Å². The molecule has 10 nitrogen and oxygen atoms in total. The van der Waals surface area contributed by atoms with Gasteiger partial charge in [0, 0.05) is 54.7 Å². The van der Waals surface area contributed by atoms with Crippen LogP contribution in [-0.4, -0.2) is 64.3 Å². The van der Waals surface area contributed by atoms with Crippen LogP contribution < -0.4 is 26.8 Å². The van der Waals surface area contributed by atoms with Crippen LogP contribution in [0, 0.1) is 17.6 Å². The van der Waals surface area contributed by atoms with Crippen molar-refractivity contribution in [1.29, 1.82) is 0 Å². The monoisotopic (exact) mass is 708 g/mol. The largest absolute Gasteiger partial charge is 0.463 e. The Morgan fingerprint density at radius 1 is 1.18 bits per heavy atom. The third-order valence-electron chi connectivity index (χ3n) is 10.4. The SMILES string of the molecule is Nc1nc2c(-c3c(F)c4c5c(c3Cl)N[C@@H]3C[C@H](NC5=N3)C(Cc3cccnc3N)C=C(OC[C@@]35CCCN3C[C@H](F)C5)O4)ccc(F)c2s1. The van der Waals surface area contributed by atoms with E-state index in [-0.39, 0.29) is 61.8 Å². The first kappa shape index (κ1) is 30.8. The van der Waals surface area contributed by atoms with Crippen molar-refractivity contribution in [1.82, 2.24) is 20.2 Å². The zero-order valence-electron chi connectivity index (χ0n) is 26.1. The molecular formula is C34H32ClF3N8O2S. The zero-order chi connectivity index (χ0) is 33.6. The van der Waals surface area contributed by atoms with Crippen molar-refractivity contribution < 1.29 is 22.6 Å². The first-order chi connectivity index (χ1) is 23.7. The first-order valence-corrected chi connectivity index (χ1v) is 17.5. The molecule has 2 fully saturated rings. The minimum atomic E-state index is -0.947. The van der Waals surface area contributed by atoms with Crippen LogP contribution in [0.5, 0.6) is 5.75 Å². The van der Waals surface area contributed by atoms with Gasteiger partial charge < -0.3 is 31.6 Å². The van der Waals surface area contributed by atoms with Gasteiger partial charge in [0.25, 0.3) is 5.95 Å². The van der Waals surface area contributed by atoms with Gasteiger partial charge in [-0.05, 0) is 49.6 Å². The third-order valence-corrected chi connectivity index (χ3v) is 11.7. The van der Waals surface area contributed by atoms with Gasteiger partial charge in [0.1, 0.15) is 36.4 Å². The standard InChI is InChI=1S/C34H32ClF3N8O2S/c35-25-23(18-4-5-19(37)30-27(18)45-33(40)49-30)26(38)29-24-28(25)43-21-11-20(42-32(24)44-21)16(9-15-3-1-7-41-31(15)39)10-22(48-29)47-14-34-6-2-8-46(34)13-17(36)12-34/h1,3-5,7,10,16-17,20-21,43H,2,6,8-9,11-14H2,(H2,39,41)(H2,40,45)(H,42,44)/t16?,17-,20+,21+,34+/m1/s1. The normalized spacial score (nSPS) is 26.9. The van der Waals surface area contributed by atoms with Crippen molar-refractivity contribution >= 4 is 55.6 Å². The van der Waals surface area contributed by atoms with Gasteiger partial charge in [-0.25, -0.2) is 28.1 Å². The molecule has 2 aromatic carbocycles. The molecule has 1 unspecified atom stereocenters. The number of thiazole rings is 1. The number of halogens is 4. The number of nitrogens with two attached hydrogens (primary N) is 2. The number of aromatic nitrogens is 2. The summed E-state index contributed by atoms with van der Waals surface area (Å²) in [5.74, 6) is -0.840. The number of anilines is 3. The van der Waals surface area contributed by atoms with Crippen molar-refractivity contribution in [2.75, 3.05) is 36.5 Å². The number of benzene rings is 2. The summed E-state index contributed by atoms with van der Waals surface area (Å²) in [4.78, 5) is 15.6. The molecule has 3 bridgehead atoms. The summed E-state index contributed by atoms with van der Waals surface area (Å²) in [7, 11) is 0. The second-order valence-corrected chi connectivity index (χ2v) is 14.8. The van der Waals surface area contributed by atoms with Crippen molar-refractivity contribution in [2.45, 2.75) is 56.0 Å². The number of aliphatic imine (C=N–C) groups is 1. The maximum absolute atomic E-state index is 17.2. The molecule has 15 heteroatoms. The van der Waals surface area contributed by atoms with E-state index in [0.717, 1.165) is 36.3 Å². The minimum absolute atomic E-state index is 0.0229. The second-order valence-electron chi connectivity index (χ2n) is 13.4. The number of amidine groups is 1. The Bertz CT molecular complexity index is 2090. The molecule has 6 N–H and O–H groups in total. The summed E-state index contributed by atoms with van der Waals surface area (Å²) in [6.45, 7) is 1.32. The second kappa shape index (κ2) is 11.4. The van der Waals surface area contributed by atoms with E-state index in [4.69, 9.17) is 37.5 Å². The topological polar surface area (TPSA) is 136 Å². The Labute approximate surface area is 288 Å². The van der Waals surface area contributed by atoms with Crippen LogP contribution in [0.3, 0.4) is 0 Å². The minimum Gasteiger partial charge on any atom is -0.463 e. The number of fused-ring (bicyclic) bond motifs is 4. The molecule has 0 amide bonds. The summed E-state index contributed by atoms with van der Waals surface area (Å²) >= 11 is 8.03. The number of pyridine rings is 1. The van der Waals surface area contributed by atoms with E-state index in [0.29, 0.717) is 48.7 Å². The molecular weight excluding hydrogens is 677 g/mol. The molecule has 0 radical (unpaired) electrons. The average molecular weight is 709 g/mol. The predicted octanol–water partition coefficient (Wildman–Crippen LogP) is 6.00. The zero-order valence-corrected chi connectivity index (χ0v) is 27.7. The lowest BCUT2D eigenvalue weighted by atomic mass is 9.87. The summed E-state index contributed by atoms with van der Waals surface area (Å²) in [5, 5.41) is 7.16. The Balaban J connectivity index is 1.20.